The predicted molar refractivity (Wildman–Crippen MR) is 87.3 cm³/mol. The Morgan fingerprint density at radius 1 is 1.10 bits per heavy atom. The normalized spacial score (nSPS) is 11.4. The lowest BCUT2D eigenvalue weighted by Gasteiger charge is -2.06. The summed E-state index contributed by atoms with van der Waals surface area (Å²) < 4.78 is 2.24. The fourth-order valence-electron chi connectivity index (χ4n) is 2.55. The highest BCUT2D eigenvalue weighted by atomic mass is 15.0. The summed E-state index contributed by atoms with van der Waals surface area (Å²) in [6.07, 6.45) is 4.09. The third-order valence-electron chi connectivity index (χ3n) is 3.61. The molecule has 0 spiro atoms. The lowest BCUT2D eigenvalue weighted by Crippen LogP contribution is -2.21. The Hall–Kier alpha value is -2.13. The number of benzene rings is 1. The summed E-state index contributed by atoms with van der Waals surface area (Å²) in [5.74, 6) is 0. The Morgan fingerprint density at radius 2 is 1.90 bits per heavy atom. The average Bonchev–Trinajstić information content (AvgIpc) is 2.85. The first-order chi connectivity index (χ1) is 10.2. The van der Waals surface area contributed by atoms with Gasteiger partial charge in [-0.3, -0.25) is 0 Å². The number of hydrogen-bond donors (Lipinski definition) is 1. The molecule has 108 valence electrons. The van der Waals surface area contributed by atoms with E-state index in [9.17, 15) is 0 Å². The number of pyridine rings is 1. The number of aromatic nitrogens is 2. The third-order valence-corrected chi connectivity index (χ3v) is 3.61. The number of nitrogens with zero attached hydrogens (tertiary/aromatic N) is 2. The molecule has 0 saturated heterocycles. The molecule has 0 bridgehead atoms. The second kappa shape index (κ2) is 6.10. The van der Waals surface area contributed by atoms with Gasteiger partial charge in [0.1, 0.15) is 5.65 Å². The molecule has 3 nitrogen and oxygen atoms in total. The van der Waals surface area contributed by atoms with Crippen molar-refractivity contribution in [1.82, 2.24) is 14.9 Å². The minimum Gasteiger partial charge on any atom is -0.328 e. The molecule has 1 aromatic carbocycles. The van der Waals surface area contributed by atoms with E-state index in [-0.39, 0.29) is 0 Å². The summed E-state index contributed by atoms with van der Waals surface area (Å²) in [7, 11) is 0. The molecule has 2 heterocycles. The molecule has 0 aliphatic rings. The first kappa shape index (κ1) is 13.8. The Labute approximate surface area is 125 Å². The molecule has 2 aromatic heterocycles. The quantitative estimate of drug-likeness (QED) is 0.773. The van der Waals surface area contributed by atoms with Gasteiger partial charge in [-0.15, -0.1) is 0 Å². The van der Waals surface area contributed by atoms with Crippen LogP contribution in [0, 0.1) is 0 Å². The lowest BCUT2D eigenvalue weighted by atomic mass is 10.2. The van der Waals surface area contributed by atoms with Crippen LogP contribution in [0.1, 0.15) is 25.0 Å². The summed E-state index contributed by atoms with van der Waals surface area (Å²) in [5, 5.41) is 4.73. The Kier molecular flexibility index (Phi) is 4.02. The summed E-state index contributed by atoms with van der Waals surface area (Å²) in [5.41, 5.74) is 3.66. The molecule has 0 aliphatic carbocycles. The molecule has 0 unspecified atom stereocenters. The van der Waals surface area contributed by atoms with E-state index in [4.69, 9.17) is 0 Å². The fraction of sp³-hybridized carbons (Fsp3) is 0.278. The van der Waals surface area contributed by atoms with Crippen LogP contribution >= 0.6 is 0 Å². The lowest BCUT2D eigenvalue weighted by molar-refractivity contribution is 0.589. The first-order valence-corrected chi connectivity index (χ1v) is 7.44. The number of rotatable bonds is 5. The fourth-order valence-corrected chi connectivity index (χ4v) is 2.55. The van der Waals surface area contributed by atoms with Gasteiger partial charge in [-0.1, -0.05) is 44.2 Å². The van der Waals surface area contributed by atoms with Crippen LogP contribution in [0.4, 0.5) is 0 Å². The third kappa shape index (κ3) is 3.14. The summed E-state index contributed by atoms with van der Waals surface area (Å²) in [4.78, 5) is 4.56. The maximum atomic E-state index is 4.56. The minimum absolute atomic E-state index is 0.481. The van der Waals surface area contributed by atoms with Gasteiger partial charge in [-0.2, -0.15) is 0 Å². The van der Waals surface area contributed by atoms with Crippen molar-refractivity contribution < 1.29 is 0 Å². The molecule has 21 heavy (non-hydrogen) atoms. The van der Waals surface area contributed by atoms with Gasteiger partial charge >= 0.3 is 0 Å². The van der Waals surface area contributed by atoms with Gasteiger partial charge in [-0.05, 0) is 23.3 Å². The number of hydrogen-bond acceptors (Lipinski definition) is 2. The number of fused-ring (bicyclic) bond motifs is 1. The van der Waals surface area contributed by atoms with Crippen molar-refractivity contribution in [3.05, 3.63) is 66.0 Å². The highest BCUT2D eigenvalue weighted by Crippen LogP contribution is 2.20. The monoisotopic (exact) mass is 279 g/mol. The number of nitrogens with one attached hydrogen (secondary N) is 1. The zero-order chi connectivity index (χ0) is 14.7. The Morgan fingerprint density at radius 3 is 2.67 bits per heavy atom. The van der Waals surface area contributed by atoms with Crippen LogP contribution in [-0.4, -0.2) is 15.6 Å². The van der Waals surface area contributed by atoms with Gasteiger partial charge < -0.3 is 9.88 Å². The molecule has 0 radical (unpaired) electrons. The second-order valence-corrected chi connectivity index (χ2v) is 5.68. The highest BCUT2D eigenvalue weighted by Gasteiger charge is 2.09. The van der Waals surface area contributed by atoms with Crippen molar-refractivity contribution in [3.63, 3.8) is 0 Å². The first-order valence-electron chi connectivity index (χ1n) is 7.44. The van der Waals surface area contributed by atoms with Crippen molar-refractivity contribution in [1.29, 1.82) is 0 Å². The second-order valence-electron chi connectivity index (χ2n) is 5.68. The van der Waals surface area contributed by atoms with Gasteiger partial charge in [-0.25, -0.2) is 4.98 Å². The van der Waals surface area contributed by atoms with Crippen LogP contribution in [0.3, 0.4) is 0 Å². The van der Waals surface area contributed by atoms with Crippen molar-refractivity contribution in [3.8, 4) is 0 Å². The van der Waals surface area contributed by atoms with Gasteiger partial charge in [0.25, 0.3) is 0 Å². The summed E-state index contributed by atoms with van der Waals surface area (Å²) in [6.45, 7) is 6.07. The molecule has 0 aliphatic heterocycles. The molecule has 0 amide bonds. The SMILES string of the molecule is CC(C)NCc1cn(Cc2ccccc2)c2ncccc12. The van der Waals surface area contributed by atoms with E-state index < -0.39 is 0 Å². The van der Waals surface area contributed by atoms with Crippen molar-refractivity contribution in [2.75, 3.05) is 0 Å². The molecule has 3 heteroatoms. The summed E-state index contributed by atoms with van der Waals surface area (Å²) >= 11 is 0. The largest absolute Gasteiger partial charge is 0.328 e. The maximum absolute atomic E-state index is 4.56. The van der Waals surface area contributed by atoms with E-state index in [1.165, 1.54) is 16.5 Å². The van der Waals surface area contributed by atoms with Crippen molar-refractivity contribution in [2.24, 2.45) is 0 Å². The molecule has 1 N–H and O–H groups in total. The Bertz CT molecular complexity index is 714. The van der Waals surface area contributed by atoms with Gasteiger partial charge in [0.05, 0.1) is 0 Å². The van der Waals surface area contributed by atoms with E-state index in [0.717, 1.165) is 18.7 Å². The van der Waals surface area contributed by atoms with Crippen LogP contribution in [0.25, 0.3) is 11.0 Å². The molecule has 0 saturated carbocycles. The van der Waals surface area contributed by atoms with Crippen molar-refractivity contribution in [2.45, 2.75) is 33.0 Å². The van der Waals surface area contributed by atoms with Crippen LogP contribution in [-0.2, 0) is 13.1 Å². The maximum Gasteiger partial charge on any atom is 0.140 e. The smallest absolute Gasteiger partial charge is 0.140 e. The van der Waals surface area contributed by atoms with Crippen LogP contribution in [0.5, 0.6) is 0 Å². The van der Waals surface area contributed by atoms with Crippen molar-refractivity contribution >= 4 is 11.0 Å². The standard InChI is InChI=1S/C18H21N3/c1-14(2)20-11-16-13-21(12-15-7-4-3-5-8-15)18-17(16)9-6-10-19-18/h3-10,13-14,20H,11-12H2,1-2H3. The predicted octanol–water partition coefficient (Wildman–Crippen LogP) is 3.58. The van der Waals surface area contributed by atoms with Gasteiger partial charge in [0.2, 0.25) is 0 Å². The molecular weight excluding hydrogens is 258 g/mol. The van der Waals surface area contributed by atoms with Gasteiger partial charge in [0, 0.05) is 36.9 Å². The van der Waals surface area contributed by atoms with E-state index in [0.29, 0.717) is 6.04 Å². The zero-order valence-corrected chi connectivity index (χ0v) is 12.6. The van der Waals surface area contributed by atoms with Crippen LogP contribution in [0.2, 0.25) is 0 Å². The average molecular weight is 279 g/mol. The highest BCUT2D eigenvalue weighted by molar-refractivity contribution is 5.80. The van der Waals surface area contributed by atoms with E-state index in [2.05, 4.69) is 65.2 Å². The van der Waals surface area contributed by atoms with Crippen LogP contribution in [0.15, 0.2) is 54.9 Å². The van der Waals surface area contributed by atoms with Gasteiger partial charge in [0.15, 0.2) is 0 Å². The Balaban J connectivity index is 1.95. The van der Waals surface area contributed by atoms with Crippen LogP contribution < -0.4 is 5.32 Å². The van der Waals surface area contributed by atoms with E-state index >= 15 is 0 Å². The molecular formula is C18H21N3. The molecule has 3 aromatic rings. The topological polar surface area (TPSA) is 29.9 Å². The molecule has 0 atom stereocenters. The molecule has 0 fully saturated rings. The minimum atomic E-state index is 0.481. The van der Waals surface area contributed by atoms with E-state index in [1.54, 1.807) is 0 Å². The van der Waals surface area contributed by atoms with E-state index in [1.807, 2.05) is 18.3 Å². The molecule has 3 rings (SSSR count). The zero-order valence-electron chi connectivity index (χ0n) is 12.6. The summed E-state index contributed by atoms with van der Waals surface area (Å²) in [6, 6.07) is 15.2.